The monoisotopic (exact) mass is 467 g/mol. The maximum atomic E-state index is 12.1. The van der Waals surface area contributed by atoms with Gasteiger partial charge in [0.2, 0.25) is 5.90 Å². The third-order valence-corrected chi connectivity index (χ3v) is 4.42. The van der Waals surface area contributed by atoms with Crippen molar-refractivity contribution >= 4 is 58.1 Å². The van der Waals surface area contributed by atoms with Crippen molar-refractivity contribution in [2.75, 3.05) is 7.11 Å². The number of nitrogens with zero attached hydrogens (tertiary/aromatic N) is 1. The molecule has 1 aliphatic rings. The quantitative estimate of drug-likeness (QED) is 0.388. The molecule has 0 saturated carbocycles. The third kappa shape index (κ3) is 3.91. The van der Waals surface area contributed by atoms with Crippen LogP contribution in [0.5, 0.6) is 0 Å². The Kier molecular flexibility index (Phi) is 5.19. The maximum Gasteiger partial charge on any atom is 0.363 e. The lowest BCUT2D eigenvalue weighted by atomic mass is 10.1. The Bertz CT molecular complexity index is 919. The molecule has 0 saturated heterocycles. The number of aliphatic imine (C=N–C) groups is 1. The average molecular weight is 468 g/mol. The van der Waals surface area contributed by atoms with Crippen molar-refractivity contribution in [2.24, 2.45) is 4.99 Å². The van der Waals surface area contributed by atoms with E-state index in [0.717, 1.165) is 3.57 Å². The van der Waals surface area contributed by atoms with Crippen molar-refractivity contribution < 1.29 is 19.1 Å². The van der Waals surface area contributed by atoms with Crippen LogP contribution < -0.4 is 0 Å². The average Bonchev–Trinajstić information content (AvgIpc) is 2.97. The van der Waals surface area contributed by atoms with E-state index in [9.17, 15) is 9.59 Å². The summed E-state index contributed by atoms with van der Waals surface area (Å²) in [6.45, 7) is 0. The summed E-state index contributed by atoms with van der Waals surface area (Å²) >= 11 is 8.30. The molecule has 126 valence electrons. The molecule has 0 N–H and O–H groups in total. The number of rotatable bonds is 3. The van der Waals surface area contributed by atoms with E-state index in [1.807, 2.05) is 6.07 Å². The van der Waals surface area contributed by atoms with Gasteiger partial charge in [-0.15, -0.1) is 0 Å². The van der Waals surface area contributed by atoms with E-state index in [2.05, 4.69) is 32.3 Å². The molecule has 0 bridgehead atoms. The number of hydrogen-bond acceptors (Lipinski definition) is 5. The topological polar surface area (TPSA) is 65.0 Å². The summed E-state index contributed by atoms with van der Waals surface area (Å²) in [4.78, 5) is 27.7. The second-order valence-electron chi connectivity index (χ2n) is 5.07. The van der Waals surface area contributed by atoms with Gasteiger partial charge < -0.3 is 9.47 Å². The molecule has 0 aromatic heterocycles. The van der Waals surface area contributed by atoms with E-state index >= 15 is 0 Å². The van der Waals surface area contributed by atoms with Gasteiger partial charge in [0, 0.05) is 3.57 Å². The van der Waals surface area contributed by atoms with Crippen LogP contribution in [0.1, 0.15) is 21.5 Å². The van der Waals surface area contributed by atoms with Gasteiger partial charge in [0.05, 0.1) is 23.3 Å². The van der Waals surface area contributed by atoms with Crippen LogP contribution >= 0.6 is 34.2 Å². The zero-order chi connectivity index (χ0) is 18.0. The van der Waals surface area contributed by atoms with Crippen LogP contribution in [0.4, 0.5) is 0 Å². The Morgan fingerprint density at radius 2 is 1.96 bits per heavy atom. The van der Waals surface area contributed by atoms with Gasteiger partial charge in [-0.2, -0.15) is 0 Å². The molecule has 3 rings (SSSR count). The summed E-state index contributed by atoms with van der Waals surface area (Å²) < 4.78 is 10.8. The molecule has 0 atom stereocenters. The zero-order valence-corrected chi connectivity index (χ0v) is 15.9. The largest absolute Gasteiger partial charge is 0.465 e. The highest BCUT2D eigenvalue weighted by Gasteiger charge is 2.25. The standard InChI is InChI=1S/C18H11ClINO4/c1-24-17(22)11-4-2-10(3-5-11)8-15-18(23)25-16(21-15)13-9-12(20)6-7-14(13)19/h2-9H,1H3/b15-8-. The van der Waals surface area contributed by atoms with Gasteiger partial charge in [-0.05, 0) is 64.6 Å². The van der Waals surface area contributed by atoms with Crippen LogP contribution in [0.15, 0.2) is 53.2 Å². The van der Waals surface area contributed by atoms with E-state index in [-0.39, 0.29) is 11.6 Å². The SMILES string of the molecule is COC(=O)c1ccc(/C=C2\N=C(c3cc(I)ccc3Cl)OC2=O)cc1. The second kappa shape index (κ2) is 7.37. The zero-order valence-electron chi connectivity index (χ0n) is 13.0. The Morgan fingerprint density at radius 3 is 2.64 bits per heavy atom. The fourth-order valence-corrected chi connectivity index (χ4v) is 2.87. The van der Waals surface area contributed by atoms with E-state index in [1.54, 1.807) is 42.5 Å². The van der Waals surface area contributed by atoms with Crippen molar-refractivity contribution in [3.8, 4) is 0 Å². The van der Waals surface area contributed by atoms with Gasteiger partial charge in [0.25, 0.3) is 0 Å². The first-order chi connectivity index (χ1) is 12.0. The molecule has 2 aromatic rings. The Morgan fingerprint density at radius 1 is 1.24 bits per heavy atom. The van der Waals surface area contributed by atoms with E-state index in [4.69, 9.17) is 16.3 Å². The van der Waals surface area contributed by atoms with Crippen LogP contribution in [0.25, 0.3) is 6.08 Å². The van der Waals surface area contributed by atoms with Gasteiger partial charge in [-0.1, -0.05) is 23.7 Å². The molecule has 1 heterocycles. The molecule has 0 amide bonds. The van der Waals surface area contributed by atoms with Crippen molar-refractivity contribution in [3.05, 3.63) is 73.4 Å². The molecule has 0 fully saturated rings. The molecule has 7 heteroatoms. The van der Waals surface area contributed by atoms with Gasteiger partial charge in [-0.3, -0.25) is 0 Å². The highest BCUT2D eigenvalue weighted by Crippen LogP contribution is 2.25. The minimum Gasteiger partial charge on any atom is -0.465 e. The highest BCUT2D eigenvalue weighted by atomic mass is 127. The number of carbonyl (C=O) groups excluding carboxylic acids is 2. The van der Waals surface area contributed by atoms with Crippen LogP contribution in [0.3, 0.4) is 0 Å². The first-order valence-corrected chi connectivity index (χ1v) is 8.60. The van der Waals surface area contributed by atoms with Gasteiger partial charge >= 0.3 is 11.9 Å². The van der Waals surface area contributed by atoms with Crippen molar-refractivity contribution in [2.45, 2.75) is 0 Å². The lowest BCUT2D eigenvalue weighted by Gasteiger charge is -2.02. The molecule has 0 radical (unpaired) electrons. The molecular weight excluding hydrogens is 457 g/mol. The van der Waals surface area contributed by atoms with Crippen molar-refractivity contribution in [1.29, 1.82) is 0 Å². The van der Waals surface area contributed by atoms with Crippen molar-refractivity contribution in [1.82, 2.24) is 0 Å². The third-order valence-electron chi connectivity index (χ3n) is 3.41. The van der Waals surface area contributed by atoms with Gasteiger partial charge in [-0.25, -0.2) is 14.6 Å². The normalized spacial score (nSPS) is 15.1. The lowest BCUT2D eigenvalue weighted by Crippen LogP contribution is -2.06. The molecule has 25 heavy (non-hydrogen) atoms. The molecule has 0 aliphatic carbocycles. The van der Waals surface area contributed by atoms with Gasteiger partial charge in [0.15, 0.2) is 5.70 Å². The fraction of sp³-hybridized carbons (Fsp3) is 0.0556. The summed E-state index contributed by atoms with van der Waals surface area (Å²) in [6, 6.07) is 12.0. The van der Waals surface area contributed by atoms with E-state index in [1.165, 1.54) is 7.11 Å². The highest BCUT2D eigenvalue weighted by molar-refractivity contribution is 14.1. The summed E-state index contributed by atoms with van der Waals surface area (Å²) in [6.07, 6.45) is 1.58. The maximum absolute atomic E-state index is 12.1. The minimum absolute atomic E-state index is 0.163. The summed E-state index contributed by atoms with van der Waals surface area (Å²) in [7, 11) is 1.32. The summed E-state index contributed by atoms with van der Waals surface area (Å²) in [5.74, 6) is -0.805. The molecule has 1 aliphatic heterocycles. The first kappa shape index (κ1) is 17.6. The van der Waals surface area contributed by atoms with E-state index in [0.29, 0.717) is 21.7 Å². The molecule has 2 aromatic carbocycles. The van der Waals surface area contributed by atoms with Gasteiger partial charge in [0.1, 0.15) is 0 Å². The first-order valence-electron chi connectivity index (χ1n) is 7.14. The van der Waals surface area contributed by atoms with Crippen LogP contribution in [0.2, 0.25) is 5.02 Å². The second-order valence-corrected chi connectivity index (χ2v) is 6.73. The predicted octanol–water partition coefficient (Wildman–Crippen LogP) is 4.08. The summed E-state index contributed by atoms with van der Waals surface area (Å²) in [5, 5.41) is 0.454. The molecular formula is C18H11ClINO4. The Labute approximate surface area is 162 Å². The number of ether oxygens (including phenoxy) is 2. The molecule has 0 unspecified atom stereocenters. The number of hydrogen-bond donors (Lipinski definition) is 0. The Hall–Kier alpha value is -2.19. The predicted molar refractivity (Wildman–Crippen MR) is 103 cm³/mol. The number of methoxy groups -OCH3 is 1. The number of esters is 2. The number of cyclic esters (lactones) is 1. The number of benzene rings is 2. The number of carbonyl (C=O) groups is 2. The number of halogens is 2. The lowest BCUT2D eigenvalue weighted by molar-refractivity contribution is -0.129. The van der Waals surface area contributed by atoms with E-state index < -0.39 is 11.9 Å². The Balaban J connectivity index is 1.90. The minimum atomic E-state index is -0.554. The van der Waals surface area contributed by atoms with Crippen LogP contribution in [0, 0.1) is 3.57 Å². The van der Waals surface area contributed by atoms with Crippen LogP contribution in [-0.2, 0) is 14.3 Å². The van der Waals surface area contributed by atoms with Crippen molar-refractivity contribution in [3.63, 3.8) is 0 Å². The fourth-order valence-electron chi connectivity index (χ4n) is 2.18. The summed E-state index contributed by atoms with van der Waals surface area (Å²) in [5.41, 5.74) is 1.86. The smallest absolute Gasteiger partial charge is 0.363 e. The molecule has 5 nitrogen and oxygen atoms in total. The van der Waals surface area contributed by atoms with Crippen LogP contribution in [-0.4, -0.2) is 24.9 Å². The molecule has 0 spiro atoms.